The Balaban J connectivity index is 1.93. The van der Waals surface area contributed by atoms with Gasteiger partial charge in [0.05, 0.1) is 12.8 Å². The van der Waals surface area contributed by atoms with Gasteiger partial charge in [0.15, 0.2) is 0 Å². The summed E-state index contributed by atoms with van der Waals surface area (Å²) in [7, 11) is 0. The average molecular weight is 236 g/mol. The third-order valence-electron chi connectivity index (χ3n) is 4.10. The van der Waals surface area contributed by atoms with Gasteiger partial charge in [0.2, 0.25) is 0 Å². The van der Waals surface area contributed by atoms with Gasteiger partial charge in [-0.05, 0) is 37.9 Å². The molecule has 1 fully saturated rings. The second kappa shape index (κ2) is 5.69. The zero-order valence-corrected chi connectivity index (χ0v) is 11.1. The first kappa shape index (κ1) is 12.7. The lowest BCUT2D eigenvalue weighted by atomic mass is 9.87. The summed E-state index contributed by atoms with van der Waals surface area (Å²) in [6.07, 6.45) is 2.99. The van der Waals surface area contributed by atoms with Crippen LogP contribution in [0.5, 0.6) is 0 Å². The van der Waals surface area contributed by atoms with Crippen LogP contribution in [-0.2, 0) is 6.54 Å². The number of likely N-dealkylation sites (tertiary alicyclic amines) is 1. The fraction of sp³-hybridized carbons (Fsp3) is 0.714. The van der Waals surface area contributed by atoms with E-state index >= 15 is 0 Å². The molecule has 1 N–H and O–H groups in total. The maximum Gasteiger partial charge on any atom is 0.117 e. The molecule has 1 aromatic rings. The number of rotatable bonds is 4. The molecule has 0 aromatic carbocycles. The second-order valence-electron chi connectivity index (χ2n) is 5.10. The summed E-state index contributed by atoms with van der Waals surface area (Å²) in [4.78, 5) is 2.53. The molecule has 2 rings (SSSR count). The van der Waals surface area contributed by atoms with Crippen molar-refractivity contribution >= 4 is 0 Å². The number of piperidine rings is 1. The molecule has 3 unspecified atom stereocenters. The number of furan rings is 1. The van der Waals surface area contributed by atoms with E-state index in [0.29, 0.717) is 18.0 Å². The molecule has 1 saturated heterocycles. The molecule has 1 aromatic heterocycles. The molecule has 0 aliphatic carbocycles. The quantitative estimate of drug-likeness (QED) is 0.870. The molecule has 0 spiro atoms. The van der Waals surface area contributed by atoms with Crippen LogP contribution in [0.2, 0.25) is 0 Å². The highest BCUT2D eigenvalue weighted by atomic mass is 16.3. The first-order valence-corrected chi connectivity index (χ1v) is 6.72. The van der Waals surface area contributed by atoms with Crippen LogP contribution in [0.15, 0.2) is 22.8 Å². The SMILES string of the molecule is CCNC1CCN(Cc2ccco2)C(C)C1C. The Hall–Kier alpha value is -0.800. The predicted molar refractivity (Wildman–Crippen MR) is 69.8 cm³/mol. The molecule has 2 heterocycles. The molecule has 0 bridgehead atoms. The lowest BCUT2D eigenvalue weighted by Crippen LogP contribution is -2.52. The zero-order valence-electron chi connectivity index (χ0n) is 11.1. The lowest BCUT2D eigenvalue weighted by Gasteiger charge is -2.42. The third kappa shape index (κ3) is 2.90. The molecular formula is C14H24N2O. The minimum Gasteiger partial charge on any atom is -0.468 e. The van der Waals surface area contributed by atoms with Crippen molar-refractivity contribution in [2.45, 2.75) is 45.8 Å². The Morgan fingerprint density at radius 2 is 2.29 bits per heavy atom. The maximum atomic E-state index is 5.44. The Morgan fingerprint density at radius 3 is 2.94 bits per heavy atom. The van der Waals surface area contributed by atoms with E-state index in [1.165, 1.54) is 6.42 Å². The van der Waals surface area contributed by atoms with Gasteiger partial charge in [-0.3, -0.25) is 4.90 Å². The highest BCUT2D eigenvalue weighted by Crippen LogP contribution is 2.25. The Labute approximate surface area is 104 Å². The lowest BCUT2D eigenvalue weighted by molar-refractivity contribution is 0.0730. The summed E-state index contributed by atoms with van der Waals surface area (Å²) in [6.45, 7) is 10.0. The first-order valence-electron chi connectivity index (χ1n) is 6.72. The van der Waals surface area contributed by atoms with E-state index in [9.17, 15) is 0 Å². The summed E-state index contributed by atoms with van der Waals surface area (Å²) in [5.74, 6) is 1.77. The Bertz CT molecular complexity index is 323. The summed E-state index contributed by atoms with van der Waals surface area (Å²) in [5, 5.41) is 3.59. The third-order valence-corrected chi connectivity index (χ3v) is 4.10. The molecule has 3 heteroatoms. The van der Waals surface area contributed by atoms with Crippen molar-refractivity contribution in [2.24, 2.45) is 5.92 Å². The van der Waals surface area contributed by atoms with Crippen molar-refractivity contribution in [3.63, 3.8) is 0 Å². The van der Waals surface area contributed by atoms with Crippen molar-refractivity contribution < 1.29 is 4.42 Å². The van der Waals surface area contributed by atoms with Gasteiger partial charge in [0, 0.05) is 18.6 Å². The molecule has 3 atom stereocenters. The molecule has 1 aliphatic heterocycles. The maximum absolute atomic E-state index is 5.44. The van der Waals surface area contributed by atoms with Gasteiger partial charge >= 0.3 is 0 Å². The second-order valence-corrected chi connectivity index (χ2v) is 5.10. The van der Waals surface area contributed by atoms with Crippen molar-refractivity contribution in [3.8, 4) is 0 Å². The van der Waals surface area contributed by atoms with E-state index < -0.39 is 0 Å². The summed E-state index contributed by atoms with van der Waals surface area (Å²) >= 11 is 0. The average Bonchev–Trinajstić information content (AvgIpc) is 2.82. The van der Waals surface area contributed by atoms with E-state index in [4.69, 9.17) is 4.42 Å². The van der Waals surface area contributed by atoms with Crippen molar-refractivity contribution in [3.05, 3.63) is 24.2 Å². The minimum absolute atomic E-state index is 0.609. The van der Waals surface area contributed by atoms with Crippen LogP contribution in [0.25, 0.3) is 0 Å². The summed E-state index contributed by atoms with van der Waals surface area (Å²) < 4.78 is 5.44. The minimum atomic E-state index is 0.609. The summed E-state index contributed by atoms with van der Waals surface area (Å²) in [5.41, 5.74) is 0. The molecule has 0 amide bonds. The van der Waals surface area contributed by atoms with Gasteiger partial charge in [0.25, 0.3) is 0 Å². The fourth-order valence-corrected chi connectivity index (χ4v) is 2.82. The van der Waals surface area contributed by atoms with E-state index in [-0.39, 0.29) is 0 Å². The summed E-state index contributed by atoms with van der Waals surface area (Å²) in [6, 6.07) is 5.31. The van der Waals surface area contributed by atoms with Crippen LogP contribution in [-0.4, -0.2) is 30.1 Å². The Kier molecular flexibility index (Phi) is 4.24. The number of nitrogens with one attached hydrogen (secondary N) is 1. The van der Waals surface area contributed by atoms with E-state index in [0.717, 1.165) is 25.4 Å². The smallest absolute Gasteiger partial charge is 0.117 e. The zero-order chi connectivity index (χ0) is 12.3. The van der Waals surface area contributed by atoms with Crippen molar-refractivity contribution in [1.82, 2.24) is 10.2 Å². The van der Waals surface area contributed by atoms with Crippen molar-refractivity contribution in [2.75, 3.05) is 13.1 Å². The highest BCUT2D eigenvalue weighted by molar-refractivity contribution is 5.00. The first-order chi connectivity index (χ1) is 8.22. The fourth-order valence-electron chi connectivity index (χ4n) is 2.82. The van der Waals surface area contributed by atoms with Crippen LogP contribution >= 0.6 is 0 Å². The van der Waals surface area contributed by atoms with Gasteiger partial charge < -0.3 is 9.73 Å². The van der Waals surface area contributed by atoms with Crippen LogP contribution in [0.4, 0.5) is 0 Å². The standard InChI is InChI=1S/C14H24N2O/c1-4-15-14-7-8-16(12(3)11(14)2)10-13-6-5-9-17-13/h5-6,9,11-12,14-15H,4,7-8,10H2,1-3H3. The molecular weight excluding hydrogens is 212 g/mol. The molecule has 17 heavy (non-hydrogen) atoms. The molecule has 3 nitrogen and oxygen atoms in total. The van der Waals surface area contributed by atoms with Gasteiger partial charge in [-0.15, -0.1) is 0 Å². The Morgan fingerprint density at radius 1 is 1.47 bits per heavy atom. The van der Waals surface area contributed by atoms with E-state index in [2.05, 4.69) is 37.1 Å². The molecule has 1 aliphatic rings. The topological polar surface area (TPSA) is 28.4 Å². The van der Waals surface area contributed by atoms with Crippen molar-refractivity contribution in [1.29, 1.82) is 0 Å². The van der Waals surface area contributed by atoms with Gasteiger partial charge in [-0.2, -0.15) is 0 Å². The molecule has 0 radical (unpaired) electrons. The highest BCUT2D eigenvalue weighted by Gasteiger charge is 2.31. The molecule has 0 saturated carbocycles. The predicted octanol–water partition coefficient (Wildman–Crippen LogP) is 2.49. The van der Waals surface area contributed by atoms with Gasteiger partial charge in [-0.25, -0.2) is 0 Å². The van der Waals surface area contributed by atoms with E-state index in [1.807, 2.05) is 6.07 Å². The van der Waals surface area contributed by atoms with Crippen LogP contribution in [0.1, 0.15) is 33.0 Å². The number of hydrogen-bond acceptors (Lipinski definition) is 3. The van der Waals surface area contributed by atoms with Gasteiger partial charge in [-0.1, -0.05) is 13.8 Å². The number of hydrogen-bond donors (Lipinski definition) is 1. The normalized spacial score (nSPS) is 30.6. The number of nitrogens with zero attached hydrogens (tertiary/aromatic N) is 1. The van der Waals surface area contributed by atoms with Crippen LogP contribution < -0.4 is 5.32 Å². The van der Waals surface area contributed by atoms with E-state index in [1.54, 1.807) is 6.26 Å². The van der Waals surface area contributed by atoms with Gasteiger partial charge in [0.1, 0.15) is 5.76 Å². The van der Waals surface area contributed by atoms with Crippen LogP contribution in [0.3, 0.4) is 0 Å². The van der Waals surface area contributed by atoms with Crippen LogP contribution in [0, 0.1) is 5.92 Å². The monoisotopic (exact) mass is 236 g/mol. The largest absolute Gasteiger partial charge is 0.468 e. The molecule has 96 valence electrons.